The average molecular weight is 222 g/mol. The van der Waals surface area contributed by atoms with Crippen LogP contribution in [0.3, 0.4) is 0 Å². The van der Waals surface area contributed by atoms with E-state index >= 15 is 0 Å². The molecule has 2 unspecified atom stereocenters. The third-order valence-corrected chi connectivity index (χ3v) is 2.49. The van der Waals surface area contributed by atoms with Gasteiger partial charge in [-0.2, -0.15) is 0 Å². The minimum atomic E-state index is -0.777. The quantitative estimate of drug-likeness (QED) is 0.799. The molecule has 2 atom stereocenters. The van der Waals surface area contributed by atoms with E-state index in [1.165, 1.54) is 0 Å². The van der Waals surface area contributed by atoms with E-state index in [1.807, 2.05) is 24.3 Å². The molecule has 0 fully saturated rings. The van der Waals surface area contributed by atoms with E-state index in [0.717, 1.165) is 11.1 Å². The Morgan fingerprint density at radius 3 is 2.31 bits per heavy atom. The number of carboxylic acid groups (broad SMARTS) is 1. The fourth-order valence-electron chi connectivity index (χ4n) is 1.67. The zero-order valence-electron chi connectivity index (χ0n) is 9.68. The van der Waals surface area contributed by atoms with Crippen LogP contribution in [-0.2, 0) is 17.6 Å². The highest BCUT2D eigenvalue weighted by molar-refractivity contribution is 5.69. The number of hydrogen-bond donors (Lipinski definition) is 2. The lowest BCUT2D eigenvalue weighted by Gasteiger charge is -2.09. The largest absolute Gasteiger partial charge is 0.481 e. The molecule has 3 nitrogen and oxygen atoms in total. The van der Waals surface area contributed by atoms with Crippen molar-refractivity contribution in [2.75, 3.05) is 0 Å². The summed E-state index contributed by atoms with van der Waals surface area (Å²) in [5, 5.41) is 18.1. The smallest absolute Gasteiger partial charge is 0.306 e. The van der Waals surface area contributed by atoms with E-state index in [9.17, 15) is 9.90 Å². The van der Waals surface area contributed by atoms with Gasteiger partial charge in [0, 0.05) is 0 Å². The fraction of sp³-hybridized carbons (Fsp3) is 0.462. The minimum Gasteiger partial charge on any atom is -0.481 e. The van der Waals surface area contributed by atoms with Crippen LogP contribution in [0.2, 0.25) is 0 Å². The highest BCUT2D eigenvalue weighted by atomic mass is 16.4. The molecule has 1 aromatic rings. The molecule has 0 bridgehead atoms. The molecule has 0 aliphatic carbocycles. The van der Waals surface area contributed by atoms with Crippen LogP contribution in [0.5, 0.6) is 0 Å². The van der Waals surface area contributed by atoms with Gasteiger partial charge in [0.15, 0.2) is 0 Å². The Labute approximate surface area is 95.7 Å². The predicted octanol–water partition coefficient (Wildman–Crippen LogP) is 1.87. The lowest BCUT2D eigenvalue weighted by molar-refractivity contribution is -0.141. The van der Waals surface area contributed by atoms with Gasteiger partial charge < -0.3 is 10.2 Å². The van der Waals surface area contributed by atoms with Crippen LogP contribution in [0.4, 0.5) is 0 Å². The van der Waals surface area contributed by atoms with Crippen molar-refractivity contribution in [3.8, 4) is 0 Å². The molecule has 0 aliphatic heterocycles. The van der Waals surface area contributed by atoms with Crippen molar-refractivity contribution in [2.24, 2.45) is 5.92 Å². The van der Waals surface area contributed by atoms with Crippen LogP contribution in [0.1, 0.15) is 25.0 Å². The van der Waals surface area contributed by atoms with Crippen molar-refractivity contribution in [3.63, 3.8) is 0 Å². The van der Waals surface area contributed by atoms with Gasteiger partial charge in [-0.1, -0.05) is 31.2 Å². The molecule has 1 aromatic carbocycles. The summed E-state index contributed by atoms with van der Waals surface area (Å²) in [6.45, 7) is 3.44. The third kappa shape index (κ3) is 4.03. The first-order chi connectivity index (χ1) is 7.49. The molecular formula is C13H18O3. The molecule has 0 heterocycles. The third-order valence-electron chi connectivity index (χ3n) is 2.49. The Morgan fingerprint density at radius 2 is 1.81 bits per heavy atom. The first kappa shape index (κ1) is 12.7. The maximum Gasteiger partial charge on any atom is 0.306 e. The van der Waals surface area contributed by atoms with E-state index in [4.69, 9.17) is 5.11 Å². The molecule has 0 saturated heterocycles. The van der Waals surface area contributed by atoms with Gasteiger partial charge in [-0.05, 0) is 30.9 Å². The van der Waals surface area contributed by atoms with Gasteiger partial charge in [-0.15, -0.1) is 0 Å². The second-order valence-corrected chi connectivity index (χ2v) is 4.32. The van der Waals surface area contributed by atoms with Gasteiger partial charge in [0.25, 0.3) is 0 Å². The van der Waals surface area contributed by atoms with Gasteiger partial charge in [0.2, 0.25) is 0 Å². The van der Waals surface area contributed by atoms with Gasteiger partial charge in [0.1, 0.15) is 0 Å². The summed E-state index contributed by atoms with van der Waals surface area (Å²) in [6, 6.07) is 7.74. The maximum absolute atomic E-state index is 10.7. The van der Waals surface area contributed by atoms with Crippen LogP contribution >= 0.6 is 0 Å². The molecule has 0 aromatic heterocycles. The summed E-state index contributed by atoms with van der Waals surface area (Å²) in [4.78, 5) is 10.7. The van der Waals surface area contributed by atoms with Crippen molar-refractivity contribution in [3.05, 3.63) is 35.4 Å². The van der Waals surface area contributed by atoms with Crippen molar-refractivity contribution in [1.82, 2.24) is 0 Å². The zero-order chi connectivity index (χ0) is 12.1. The molecule has 1 rings (SSSR count). The number of benzene rings is 1. The molecule has 0 aliphatic rings. The summed E-state index contributed by atoms with van der Waals surface area (Å²) in [7, 11) is 0. The van der Waals surface area contributed by atoms with Crippen LogP contribution in [-0.4, -0.2) is 22.3 Å². The van der Waals surface area contributed by atoms with Crippen LogP contribution in [0.25, 0.3) is 0 Å². The van der Waals surface area contributed by atoms with E-state index in [2.05, 4.69) is 0 Å². The molecule has 16 heavy (non-hydrogen) atoms. The molecular weight excluding hydrogens is 204 g/mol. The average Bonchev–Trinajstić information content (AvgIpc) is 2.16. The standard InChI is InChI=1S/C13H18O3/c1-9(13(15)16)6-11-4-3-5-12(8-11)7-10(2)14/h3-5,8-10,14H,6-7H2,1-2H3,(H,15,16). The summed E-state index contributed by atoms with van der Waals surface area (Å²) in [6.07, 6.45) is 0.769. The Balaban J connectivity index is 2.70. The minimum absolute atomic E-state index is 0.368. The summed E-state index contributed by atoms with van der Waals surface area (Å²) in [5.41, 5.74) is 2.05. The van der Waals surface area contributed by atoms with Crippen molar-refractivity contribution in [2.45, 2.75) is 32.8 Å². The Morgan fingerprint density at radius 1 is 1.25 bits per heavy atom. The molecule has 0 spiro atoms. The Bertz CT molecular complexity index is 358. The van der Waals surface area contributed by atoms with E-state index in [1.54, 1.807) is 13.8 Å². The topological polar surface area (TPSA) is 57.5 Å². The normalized spacial score (nSPS) is 14.4. The number of rotatable bonds is 5. The lowest BCUT2D eigenvalue weighted by Crippen LogP contribution is -2.12. The van der Waals surface area contributed by atoms with E-state index in [0.29, 0.717) is 12.8 Å². The highest BCUT2D eigenvalue weighted by Gasteiger charge is 2.11. The number of carbonyl (C=O) groups is 1. The monoisotopic (exact) mass is 222 g/mol. The number of aliphatic carboxylic acids is 1. The van der Waals surface area contributed by atoms with Crippen molar-refractivity contribution in [1.29, 1.82) is 0 Å². The number of aliphatic hydroxyl groups is 1. The molecule has 0 amide bonds. The second kappa shape index (κ2) is 5.66. The fourth-order valence-corrected chi connectivity index (χ4v) is 1.67. The van der Waals surface area contributed by atoms with Crippen molar-refractivity contribution >= 4 is 5.97 Å². The highest BCUT2D eigenvalue weighted by Crippen LogP contribution is 2.12. The first-order valence-corrected chi connectivity index (χ1v) is 5.47. The number of hydrogen-bond acceptors (Lipinski definition) is 2. The predicted molar refractivity (Wildman–Crippen MR) is 62.3 cm³/mol. The molecule has 0 saturated carbocycles. The SMILES string of the molecule is CC(O)Cc1cccc(CC(C)C(=O)O)c1. The second-order valence-electron chi connectivity index (χ2n) is 4.32. The van der Waals surface area contributed by atoms with Gasteiger partial charge >= 0.3 is 5.97 Å². The van der Waals surface area contributed by atoms with Gasteiger partial charge in [-0.25, -0.2) is 0 Å². The molecule has 3 heteroatoms. The van der Waals surface area contributed by atoms with Crippen LogP contribution < -0.4 is 0 Å². The Kier molecular flexibility index (Phi) is 4.50. The van der Waals surface area contributed by atoms with Gasteiger partial charge in [0.05, 0.1) is 12.0 Å². The molecule has 88 valence electrons. The molecule has 2 N–H and O–H groups in total. The summed E-state index contributed by atoms with van der Waals surface area (Å²) >= 11 is 0. The summed E-state index contributed by atoms with van der Waals surface area (Å²) in [5.74, 6) is -1.15. The molecule has 0 radical (unpaired) electrons. The van der Waals surface area contributed by atoms with E-state index < -0.39 is 5.97 Å². The Hall–Kier alpha value is -1.35. The lowest BCUT2D eigenvalue weighted by atomic mass is 9.98. The van der Waals surface area contributed by atoms with Crippen LogP contribution in [0.15, 0.2) is 24.3 Å². The summed E-state index contributed by atoms with van der Waals surface area (Å²) < 4.78 is 0. The van der Waals surface area contributed by atoms with Crippen molar-refractivity contribution < 1.29 is 15.0 Å². The first-order valence-electron chi connectivity index (χ1n) is 5.47. The zero-order valence-corrected chi connectivity index (χ0v) is 9.68. The number of carboxylic acids is 1. The number of aliphatic hydroxyl groups excluding tert-OH is 1. The van der Waals surface area contributed by atoms with E-state index in [-0.39, 0.29) is 12.0 Å². The van der Waals surface area contributed by atoms with Crippen LogP contribution in [0, 0.1) is 5.92 Å². The maximum atomic E-state index is 10.7. The van der Waals surface area contributed by atoms with Gasteiger partial charge in [-0.3, -0.25) is 4.79 Å².